The molecule has 5 aromatic rings. The third-order valence-electron chi connectivity index (χ3n) is 5.81. The van der Waals surface area contributed by atoms with Gasteiger partial charge in [-0.25, -0.2) is 0 Å². The van der Waals surface area contributed by atoms with Crippen molar-refractivity contribution in [2.24, 2.45) is 0 Å². The molecule has 0 aliphatic rings. The van der Waals surface area contributed by atoms with Crippen LogP contribution in [-0.2, 0) is 0 Å². The first-order valence-corrected chi connectivity index (χ1v) is 10.7. The molecular weight excluding hydrogens is 374 g/mol. The van der Waals surface area contributed by atoms with Crippen LogP contribution in [0.4, 0.5) is 17.1 Å². The van der Waals surface area contributed by atoms with E-state index in [4.69, 9.17) is 0 Å². The molecule has 0 aromatic heterocycles. The molecule has 5 rings (SSSR count). The van der Waals surface area contributed by atoms with E-state index in [1.807, 2.05) is 0 Å². The molecule has 0 saturated carbocycles. The molecule has 0 bridgehead atoms. The molecule has 150 valence electrons. The SMILES string of the molecule is Cc1ccc(N(c2ccc(C)cc2)c2ccc(-c3cccc4ccccc34)cc2)cc1. The average molecular weight is 400 g/mol. The fourth-order valence-electron chi connectivity index (χ4n) is 4.10. The number of hydrogen-bond donors (Lipinski definition) is 0. The molecule has 0 aliphatic heterocycles. The molecule has 5 aromatic carbocycles. The Hall–Kier alpha value is -3.84. The van der Waals surface area contributed by atoms with Crippen molar-refractivity contribution in [1.29, 1.82) is 0 Å². The van der Waals surface area contributed by atoms with Crippen LogP contribution in [0.3, 0.4) is 0 Å². The Balaban J connectivity index is 1.59. The van der Waals surface area contributed by atoms with Gasteiger partial charge in [-0.15, -0.1) is 0 Å². The van der Waals surface area contributed by atoms with Gasteiger partial charge < -0.3 is 4.90 Å². The number of aryl methyl sites for hydroxylation is 2. The smallest absolute Gasteiger partial charge is 0.0462 e. The highest BCUT2D eigenvalue weighted by Gasteiger charge is 2.13. The number of benzene rings is 5. The summed E-state index contributed by atoms with van der Waals surface area (Å²) in [6.07, 6.45) is 0. The number of nitrogens with zero attached hydrogens (tertiary/aromatic N) is 1. The van der Waals surface area contributed by atoms with Gasteiger partial charge in [0.1, 0.15) is 0 Å². The van der Waals surface area contributed by atoms with E-state index < -0.39 is 0 Å². The fourth-order valence-corrected chi connectivity index (χ4v) is 4.10. The minimum absolute atomic E-state index is 1.15. The van der Waals surface area contributed by atoms with Gasteiger partial charge in [-0.2, -0.15) is 0 Å². The minimum atomic E-state index is 1.15. The van der Waals surface area contributed by atoms with Gasteiger partial charge in [-0.1, -0.05) is 90.0 Å². The van der Waals surface area contributed by atoms with Crippen molar-refractivity contribution < 1.29 is 0 Å². The normalized spacial score (nSPS) is 10.9. The van der Waals surface area contributed by atoms with E-state index in [1.165, 1.54) is 33.0 Å². The molecule has 31 heavy (non-hydrogen) atoms. The summed E-state index contributed by atoms with van der Waals surface area (Å²) >= 11 is 0. The highest BCUT2D eigenvalue weighted by molar-refractivity contribution is 5.97. The zero-order valence-electron chi connectivity index (χ0n) is 17.9. The van der Waals surface area contributed by atoms with Crippen LogP contribution in [0.2, 0.25) is 0 Å². The van der Waals surface area contributed by atoms with Gasteiger partial charge >= 0.3 is 0 Å². The second-order valence-electron chi connectivity index (χ2n) is 8.08. The van der Waals surface area contributed by atoms with E-state index in [9.17, 15) is 0 Å². The van der Waals surface area contributed by atoms with Crippen molar-refractivity contribution in [3.8, 4) is 11.1 Å². The van der Waals surface area contributed by atoms with Crippen molar-refractivity contribution in [1.82, 2.24) is 0 Å². The third kappa shape index (κ3) is 3.83. The number of rotatable bonds is 4. The summed E-state index contributed by atoms with van der Waals surface area (Å²) in [6, 6.07) is 41.4. The first-order chi connectivity index (χ1) is 15.2. The van der Waals surface area contributed by atoms with Crippen molar-refractivity contribution in [2.45, 2.75) is 13.8 Å². The molecule has 0 fully saturated rings. The quantitative estimate of drug-likeness (QED) is 0.292. The molecule has 1 heteroatoms. The molecule has 0 amide bonds. The van der Waals surface area contributed by atoms with Crippen molar-refractivity contribution >= 4 is 27.8 Å². The summed E-state index contributed by atoms with van der Waals surface area (Å²) in [6.45, 7) is 4.25. The van der Waals surface area contributed by atoms with E-state index >= 15 is 0 Å². The summed E-state index contributed by atoms with van der Waals surface area (Å²) in [5.74, 6) is 0. The Morgan fingerprint density at radius 3 is 1.52 bits per heavy atom. The van der Waals surface area contributed by atoms with E-state index in [2.05, 4.69) is 134 Å². The van der Waals surface area contributed by atoms with E-state index in [1.54, 1.807) is 0 Å². The highest BCUT2D eigenvalue weighted by Crippen LogP contribution is 2.36. The van der Waals surface area contributed by atoms with Crippen LogP contribution in [0, 0.1) is 13.8 Å². The maximum Gasteiger partial charge on any atom is 0.0462 e. The standard InChI is InChI=1S/C30H25N/c1-22-10-16-26(17-11-22)31(27-18-12-23(2)13-19-27)28-20-14-25(15-21-28)30-9-5-7-24-6-3-4-8-29(24)30/h3-21H,1-2H3. The predicted molar refractivity (Wildman–Crippen MR) is 134 cm³/mol. The van der Waals surface area contributed by atoms with Crippen LogP contribution in [0.15, 0.2) is 115 Å². The maximum atomic E-state index is 2.31. The summed E-state index contributed by atoms with van der Waals surface area (Å²) in [5, 5.41) is 2.55. The molecule has 0 heterocycles. The zero-order chi connectivity index (χ0) is 21.2. The Bertz CT molecular complexity index is 1260. The summed E-state index contributed by atoms with van der Waals surface area (Å²) < 4.78 is 0. The number of hydrogen-bond acceptors (Lipinski definition) is 1. The molecule has 0 saturated heterocycles. The van der Waals surface area contributed by atoms with Gasteiger partial charge in [-0.3, -0.25) is 0 Å². The Kier molecular flexibility index (Phi) is 5.01. The lowest BCUT2D eigenvalue weighted by molar-refractivity contribution is 1.27. The number of fused-ring (bicyclic) bond motifs is 1. The molecule has 0 unspecified atom stereocenters. The van der Waals surface area contributed by atoms with Crippen LogP contribution in [0.1, 0.15) is 11.1 Å². The van der Waals surface area contributed by atoms with Gasteiger partial charge in [0.05, 0.1) is 0 Å². The predicted octanol–water partition coefficient (Wildman–Crippen LogP) is 8.59. The van der Waals surface area contributed by atoms with Gasteiger partial charge in [-0.05, 0) is 72.1 Å². The second-order valence-corrected chi connectivity index (χ2v) is 8.08. The van der Waals surface area contributed by atoms with Crippen LogP contribution in [0.5, 0.6) is 0 Å². The summed E-state index contributed by atoms with van der Waals surface area (Å²) in [5.41, 5.74) is 8.49. The van der Waals surface area contributed by atoms with E-state index in [0.29, 0.717) is 0 Å². The summed E-state index contributed by atoms with van der Waals surface area (Å²) in [7, 11) is 0. The second kappa shape index (κ2) is 8.12. The largest absolute Gasteiger partial charge is 0.311 e. The highest BCUT2D eigenvalue weighted by atomic mass is 15.1. The Morgan fingerprint density at radius 2 is 0.935 bits per heavy atom. The number of anilines is 3. The summed E-state index contributed by atoms with van der Waals surface area (Å²) in [4.78, 5) is 2.31. The molecule has 0 spiro atoms. The van der Waals surface area contributed by atoms with Crippen LogP contribution in [0.25, 0.3) is 21.9 Å². The lowest BCUT2D eigenvalue weighted by Gasteiger charge is -2.26. The van der Waals surface area contributed by atoms with Crippen LogP contribution >= 0.6 is 0 Å². The van der Waals surface area contributed by atoms with Gasteiger partial charge in [0, 0.05) is 17.1 Å². The zero-order valence-corrected chi connectivity index (χ0v) is 17.9. The molecule has 1 nitrogen and oxygen atoms in total. The Labute approximate surface area is 184 Å². The molecule has 0 radical (unpaired) electrons. The van der Waals surface area contributed by atoms with Crippen LogP contribution in [-0.4, -0.2) is 0 Å². The monoisotopic (exact) mass is 399 g/mol. The van der Waals surface area contributed by atoms with Gasteiger partial charge in [0.15, 0.2) is 0 Å². The molecule has 0 atom stereocenters. The van der Waals surface area contributed by atoms with Crippen molar-refractivity contribution in [3.05, 3.63) is 126 Å². The maximum absolute atomic E-state index is 2.31. The molecule has 0 N–H and O–H groups in total. The van der Waals surface area contributed by atoms with Gasteiger partial charge in [0.2, 0.25) is 0 Å². The van der Waals surface area contributed by atoms with E-state index in [0.717, 1.165) is 17.1 Å². The van der Waals surface area contributed by atoms with E-state index in [-0.39, 0.29) is 0 Å². The lowest BCUT2D eigenvalue weighted by atomic mass is 9.98. The average Bonchev–Trinajstić information content (AvgIpc) is 2.82. The lowest BCUT2D eigenvalue weighted by Crippen LogP contribution is -2.09. The third-order valence-corrected chi connectivity index (χ3v) is 5.81. The fraction of sp³-hybridized carbons (Fsp3) is 0.0667. The first-order valence-electron chi connectivity index (χ1n) is 10.7. The molecule has 0 aliphatic carbocycles. The van der Waals surface area contributed by atoms with Crippen molar-refractivity contribution in [3.63, 3.8) is 0 Å². The topological polar surface area (TPSA) is 3.24 Å². The minimum Gasteiger partial charge on any atom is -0.311 e. The Morgan fingerprint density at radius 1 is 0.452 bits per heavy atom. The van der Waals surface area contributed by atoms with Gasteiger partial charge in [0.25, 0.3) is 0 Å². The first kappa shape index (κ1) is 19.1. The van der Waals surface area contributed by atoms with Crippen LogP contribution < -0.4 is 4.90 Å². The van der Waals surface area contributed by atoms with Crippen molar-refractivity contribution in [2.75, 3.05) is 4.90 Å². The molecular formula is C30H25N.